The van der Waals surface area contributed by atoms with Crippen LogP contribution in [0.5, 0.6) is 0 Å². The molecule has 0 unspecified atom stereocenters. The maximum absolute atomic E-state index is 5.18. The first kappa shape index (κ1) is 23.3. The van der Waals surface area contributed by atoms with Crippen LogP contribution in [0.1, 0.15) is 25.7 Å². The molecule has 0 radical (unpaired) electrons. The predicted octanol–water partition coefficient (Wildman–Crippen LogP) is 7.36. The number of rotatable bonds is 8. The second kappa shape index (κ2) is 10.0. The Hall–Kier alpha value is -4.44. The molecule has 5 aliphatic rings. The van der Waals surface area contributed by atoms with Crippen LogP contribution in [0.2, 0.25) is 0 Å². The highest BCUT2D eigenvalue weighted by Gasteiger charge is 2.28. The van der Waals surface area contributed by atoms with Gasteiger partial charge in [0.15, 0.2) is 0 Å². The molecule has 0 fully saturated rings. The van der Waals surface area contributed by atoms with Crippen molar-refractivity contribution in [3.05, 3.63) is 144 Å². The summed E-state index contributed by atoms with van der Waals surface area (Å²) >= 11 is 0. The summed E-state index contributed by atoms with van der Waals surface area (Å²) in [6.45, 7) is 16.0. The molecule has 36 heavy (non-hydrogen) atoms. The van der Waals surface area contributed by atoms with Crippen molar-refractivity contribution in [2.45, 2.75) is 25.7 Å². The number of hydrogen-bond donors (Lipinski definition) is 0. The van der Waals surface area contributed by atoms with Crippen molar-refractivity contribution in [1.29, 1.82) is 0 Å². The molecule has 4 heteroatoms. The highest BCUT2D eigenvalue weighted by Crippen LogP contribution is 2.38. The summed E-state index contributed by atoms with van der Waals surface area (Å²) in [6.07, 6.45) is 26.6. The van der Waals surface area contributed by atoms with Crippen LogP contribution in [0.25, 0.3) is 0 Å². The van der Waals surface area contributed by atoms with Crippen molar-refractivity contribution >= 4 is 22.8 Å². The molecule has 0 aliphatic carbocycles. The molecule has 0 saturated carbocycles. The molecule has 0 atom stereocenters. The minimum atomic E-state index is 0.640. The molecule has 176 valence electrons. The van der Waals surface area contributed by atoms with E-state index in [0.29, 0.717) is 25.7 Å². The van der Waals surface area contributed by atoms with Gasteiger partial charge in [-0.1, -0.05) is 24.3 Å². The van der Waals surface area contributed by atoms with Gasteiger partial charge in [-0.25, -0.2) is 20.0 Å². The van der Waals surface area contributed by atoms with Crippen molar-refractivity contribution in [2.24, 2.45) is 20.0 Å². The van der Waals surface area contributed by atoms with Gasteiger partial charge in [0.1, 0.15) is 0 Å². The molecule has 5 aliphatic heterocycles. The van der Waals surface area contributed by atoms with E-state index >= 15 is 0 Å². The Bertz CT molecular complexity index is 1460. The number of aliphatic imine (C=N–C) groups is 4. The topological polar surface area (TPSA) is 49.4 Å². The van der Waals surface area contributed by atoms with E-state index in [2.05, 4.69) is 38.5 Å². The second-order valence-corrected chi connectivity index (χ2v) is 8.83. The van der Waals surface area contributed by atoms with E-state index in [4.69, 9.17) is 20.0 Å². The Morgan fingerprint density at radius 3 is 1.78 bits per heavy atom. The average molecular weight is 469 g/mol. The zero-order valence-electron chi connectivity index (χ0n) is 20.4. The molecule has 0 saturated heterocycles. The van der Waals surface area contributed by atoms with Crippen molar-refractivity contribution in [2.75, 3.05) is 0 Å². The molecule has 8 bridgehead atoms. The molecule has 4 nitrogen and oxygen atoms in total. The fraction of sp³-hybridized carbons (Fsp3) is 0.125. The Morgan fingerprint density at radius 2 is 1.11 bits per heavy atom. The minimum absolute atomic E-state index is 0.640. The quantitative estimate of drug-likeness (QED) is 0.334. The van der Waals surface area contributed by atoms with Crippen LogP contribution in [0.15, 0.2) is 164 Å². The first-order valence-electron chi connectivity index (χ1n) is 12.1. The molecular weight excluding hydrogens is 440 g/mol. The SMILES string of the molecule is C=CCC1=CC2=CC3=NC(=CC4=NC(=CC5=NC(=C(CC=C)C1=N2)C(CC=C)=C5CC=C)C=C4)C=C3. The van der Waals surface area contributed by atoms with Crippen LogP contribution < -0.4 is 0 Å². The van der Waals surface area contributed by atoms with Gasteiger partial charge in [0.05, 0.1) is 45.6 Å². The van der Waals surface area contributed by atoms with E-state index in [1.807, 2.05) is 60.8 Å². The standard InChI is InChI=1S/C32H28N4/c1-5-9-21-17-26-19-24-14-13-22(33-24)18-23-15-16-25(34-23)20-30-27(10-6-2)28(11-7-3)32(36-30)29(12-8-4)31(21)35-26/h5-8,13-20H,1-4,9-12H2. The van der Waals surface area contributed by atoms with Crippen LogP contribution in [0.4, 0.5) is 0 Å². The summed E-state index contributed by atoms with van der Waals surface area (Å²) in [5.41, 5.74) is 11.5. The smallest absolute Gasteiger partial charge is 0.0732 e. The van der Waals surface area contributed by atoms with E-state index in [1.165, 1.54) is 0 Å². The van der Waals surface area contributed by atoms with Gasteiger partial charge >= 0.3 is 0 Å². The number of nitrogens with zero attached hydrogens (tertiary/aromatic N) is 4. The summed E-state index contributed by atoms with van der Waals surface area (Å²) in [7, 11) is 0. The van der Waals surface area contributed by atoms with Crippen LogP contribution >= 0.6 is 0 Å². The zero-order chi connectivity index (χ0) is 25.1. The highest BCUT2D eigenvalue weighted by molar-refractivity contribution is 6.20. The fourth-order valence-corrected chi connectivity index (χ4v) is 4.79. The third-order valence-electron chi connectivity index (χ3n) is 6.28. The Labute approximate surface area is 212 Å². The lowest BCUT2D eigenvalue weighted by molar-refractivity contribution is 1.12. The van der Waals surface area contributed by atoms with Crippen LogP contribution in [0, 0.1) is 0 Å². The van der Waals surface area contributed by atoms with Gasteiger partial charge in [-0.2, -0.15) is 0 Å². The van der Waals surface area contributed by atoms with Gasteiger partial charge < -0.3 is 0 Å². The molecule has 5 heterocycles. The molecule has 0 aromatic carbocycles. The van der Waals surface area contributed by atoms with Crippen LogP contribution in [-0.2, 0) is 0 Å². The predicted molar refractivity (Wildman–Crippen MR) is 154 cm³/mol. The van der Waals surface area contributed by atoms with E-state index in [0.717, 1.165) is 67.9 Å². The largest absolute Gasteiger partial charge is 0.249 e. The highest BCUT2D eigenvalue weighted by atomic mass is 14.9. The monoisotopic (exact) mass is 468 g/mol. The summed E-state index contributed by atoms with van der Waals surface area (Å²) < 4.78 is 0. The third kappa shape index (κ3) is 4.46. The van der Waals surface area contributed by atoms with Crippen molar-refractivity contribution in [1.82, 2.24) is 0 Å². The van der Waals surface area contributed by atoms with Crippen LogP contribution in [-0.4, -0.2) is 22.8 Å². The summed E-state index contributed by atoms with van der Waals surface area (Å²) in [5.74, 6) is 0. The molecule has 0 N–H and O–H groups in total. The van der Waals surface area contributed by atoms with E-state index in [-0.39, 0.29) is 0 Å². The Balaban J connectivity index is 1.81. The molecular formula is C32H28N4. The molecule has 0 aromatic heterocycles. The maximum Gasteiger partial charge on any atom is 0.0732 e. The number of fused-ring (bicyclic) bond motifs is 4. The van der Waals surface area contributed by atoms with Gasteiger partial charge in [0.25, 0.3) is 0 Å². The number of hydrogen-bond acceptors (Lipinski definition) is 4. The Kier molecular flexibility index (Phi) is 6.50. The lowest BCUT2D eigenvalue weighted by atomic mass is 9.91. The molecule has 0 aromatic rings. The van der Waals surface area contributed by atoms with Gasteiger partial charge in [0.2, 0.25) is 0 Å². The zero-order valence-corrected chi connectivity index (χ0v) is 20.4. The van der Waals surface area contributed by atoms with Gasteiger partial charge in [-0.3, -0.25) is 0 Å². The van der Waals surface area contributed by atoms with E-state index < -0.39 is 0 Å². The Morgan fingerprint density at radius 1 is 0.528 bits per heavy atom. The van der Waals surface area contributed by atoms with Crippen molar-refractivity contribution in [3.63, 3.8) is 0 Å². The summed E-state index contributed by atoms with van der Waals surface area (Å²) in [6, 6.07) is 0. The molecule has 5 rings (SSSR count). The second-order valence-electron chi connectivity index (χ2n) is 8.83. The molecule has 0 spiro atoms. The summed E-state index contributed by atoms with van der Waals surface area (Å²) in [4.78, 5) is 19.8. The lowest BCUT2D eigenvalue weighted by Gasteiger charge is -2.13. The van der Waals surface area contributed by atoms with Gasteiger partial charge in [-0.15, -0.1) is 26.3 Å². The first-order chi connectivity index (χ1) is 17.6. The molecule has 0 amide bonds. The summed E-state index contributed by atoms with van der Waals surface area (Å²) in [5, 5.41) is 0. The third-order valence-corrected chi connectivity index (χ3v) is 6.28. The normalized spacial score (nSPS) is 19.8. The maximum atomic E-state index is 5.18. The van der Waals surface area contributed by atoms with Gasteiger partial charge in [0, 0.05) is 5.57 Å². The average Bonchev–Trinajstić information content (AvgIpc) is 3.64. The van der Waals surface area contributed by atoms with Crippen LogP contribution in [0.3, 0.4) is 0 Å². The van der Waals surface area contributed by atoms with Gasteiger partial charge in [-0.05, 0) is 91.0 Å². The van der Waals surface area contributed by atoms with E-state index in [9.17, 15) is 0 Å². The number of allylic oxidation sites excluding steroid dienone is 16. The minimum Gasteiger partial charge on any atom is -0.249 e. The van der Waals surface area contributed by atoms with Crippen molar-refractivity contribution in [3.8, 4) is 0 Å². The fourth-order valence-electron chi connectivity index (χ4n) is 4.79. The van der Waals surface area contributed by atoms with Crippen molar-refractivity contribution < 1.29 is 0 Å². The first-order valence-corrected chi connectivity index (χ1v) is 12.1. The van der Waals surface area contributed by atoms with E-state index in [1.54, 1.807) is 0 Å². The lowest BCUT2D eigenvalue weighted by Crippen LogP contribution is -2.07.